The van der Waals surface area contributed by atoms with Crippen molar-refractivity contribution in [3.8, 4) is 11.1 Å². The number of rotatable bonds is 4. The average molecular weight is 612 g/mol. The molecule has 0 fully saturated rings. The summed E-state index contributed by atoms with van der Waals surface area (Å²) in [4.78, 5) is 7.52. The van der Waals surface area contributed by atoms with Crippen LogP contribution in [-0.2, 0) is 0 Å². The van der Waals surface area contributed by atoms with E-state index in [0.717, 1.165) is 39.3 Å². The maximum Gasteiger partial charge on any atom is 0.146 e. The first-order chi connectivity index (χ1) is 23.8. The standard InChI is InChI=1S/C45H29N3/c1-2-14-34(15-3-1)47(41-20-10-13-31-11-4-6-16-36(31)41)35-25-21-30(22-26-35)33-24-27-38-43(29-33)48-42-19-9-8-18-40(42)46-45(48)39-28-23-32-12-5-7-17-37(32)44(38)39/h1-29H. The number of hydrogen-bond acceptors (Lipinski definition) is 2. The Hall–Kier alpha value is -6.45. The fourth-order valence-corrected chi connectivity index (χ4v) is 7.52. The van der Waals surface area contributed by atoms with E-state index in [1.165, 1.54) is 48.8 Å². The largest absolute Gasteiger partial charge is 0.310 e. The van der Waals surface area contributed by atoms with E-state index in [0.29, 0.717) is 0 Å². The molecule has 0 aliphatic heterocycles. The predicted octanol–water partition coefficient (Wildman–Crippen LogP) is 12.2. The highest BCUT2D eigenvalue weighted by atomic mass is 15.1. The monoisotopic (exact) mass is 611 g/mol. The van der Waals surface area contributed by atoms with Crippen molar-refractivity contribution in [2.45, 2.75) is 0 Å². The average Bonchev–Trinajstić information content (AvgIpc) is 3.56. The summed E-state index contributed by atoms with van der Waals surface area (Å²) in [6, 6.07) is 63.2. The normalized spacial score (nSPS) is 11.8. The molecule has 0 atom stereocenters. The van der Waals surface area contributed by atoms with E-state index in [1.807, 2.05) is 0 Å². The second-order valence-electron chi connectivity index (χ2n) is 12.4. The van der Waals surface area contributed by atoms with Crippen LogP contribution in [0.1, 0.15) is 0 Å². The van der Waals surface area contributed by atoms with Crippen molar-refractivity contribution in [3.05, 3.63) is 176 Å². The smallest absolute Gasteiger partial charge is 0.146 e. The zero-order valence-corrected chi connectivity index (χ0v) is 26.1. The summed E-state index contributed by atoms with van der Waals surface area (Å²) in [7, 11) is 0. The number of benzene rings is 8. The molecule has 0 aliphatic carbocycles. The predicted molar refractivity (Wildman–Crippen MR) is 203 cm³/mol. The summed E-state index contributed by atoms with van der Waals surface area (Å²) in [5.74, 6) is 0. The molecule has 3 heteroatoms. The number of anilines is 3. The molecule has 2 aromatic heterocycles. The van der Waals surface area contributed by atoms with Crippen LogP contribution in [0.25, 0.3) is 71.0 Å². The Morgan fingerprint density at radius 1 is 0.417 bits per heavy atom. The molecule has 0 saturated carbocycles. The van der Waals surface area contributed by atoms with E-state index < -0.39 is 0 Å². The molecular weight excluding hydrogens is 583 g/mol. The summed E-state index contributed by atoms with van der Waals surface area (Å²) >= 11 is 0. The maximum atomic E-state index is 5.17. The molecule has 0 N–H and O–H groups in total. The van der Waals surface area contributed by atoms with Gasteiger partial charge in [-0.25, -0.2) is 4.98 Å². The van der Waals surface area contributed by atoms with Gasteiger partial charge in [0.1, 0.15) is 5.65 Å². The first-order valence-electron chi connectivity index (χ1n) is 16.4. The molecular formula is C45H29N3. The van der Waals surface area contributed by atoms with Crippen molar-refractivity contribution in [1.82, 2.24) is 9.38 Å². The third-order valence-corrected chi connectivity index (χ3v) is 9.72. The lowest BCUT2D eigenvalue weighted by Crippen LogP contribution is -2.10. The van der Waals surface area contributed by atoms with Gasteiger partial charge in [0, 0.05) is 32.9 Å². The Balaban J connectivity index is 1.17. The SMILES string of the molecule is c1ccc(N(c2ccc(-c3ccc4c5c6ccccc6ccc5c5nc6ccccc6n5c4c3)cc2)c2cccc3ccccc23)cc1. The van der Waals surface area contributed by atoms with Gasteiger partial charge >= 0.3 is 0 Å². The first kappa shape index (κ1) is 26.7. The summed E-state index contributed by atoms with van der Waals surface area (Å²) < 4.78 is 2.34. The zero-order valence-electron chi connectivity index (χ0n) is 26.1. The van der Waals surface area contributed by atoms with Crippen LogP contribution in [0.3, 0.4) is 0 Å². The number of imidazole rings is 1. The lowest BCUT2D eigenvalue weighted by molar-refractivity contribution is 1.30. The molecule has 0 aliphatic rings. The van der Waals surface area contributed by atoms with Gasteiger partial charge in [-0.1, -0.05) is 121 Å². The van der Waals surface area contributed by atoms with Crippen LogP contribution in [0.2, 0.25) is 0 Å². The minimum atomic E-state index is 0.991. The van der Waals surface area contributed by atoms with Gasteiger partial charge in [-0.05, 0) is 81.9 Å². The first-order valence-corrected chi connectivity index (χ1v) is 16.4. The summed E-state index contributed by atoms with van der Waals surface area (Å²) in [5, 5.41) is 8.58. The van der Waals surface area contributed by atoms with Crippen LogP contribution in [0.4, 0.5) is 17.1 Å². The quantitative estimate of drug-likeness (QED) is 0.185. The second kappa shape index (κ2) is 10.5. The van der Waals surface area contributed by atoms with Crippen molar-refractivity contribution in [1.29, 1.82) is 0 Å². The van der Waals surface area contributed by atoms with Crippen molar-refractivity contribution in [2.24, 2.45) is 0 Å². The van der Waals surface area contributed by atoms with Gasteiger partial charge in [0.05, 0.1) is 22.2 Å². The van der Waals surface area contributed by atoms with Gasteiger partial charge in [0.2, 0.25) is 0 Å². The second-order valence-corrected chi connectivity index (χ2v) is 12.4. The highest BCUT2D eigenvalue weighted by molar-refractivity contribution is 6.24. The van der Waals surface area contributed by atoms with Crippen LogP contribution in [0, 0.1) is 0 Å². The Bertz CT molecular complexity index is 2830. The molecule has 10 aromatic rings. The number of fused-ring (bicyclic) bond motifs is 11. The summed E-state index contributed by atoms with van der Waals surface area (Å²) in [6.45, 7) is 0. The van der Waals surface area contributed by atoms with Crippen molar-refractivity contribution < 1.29 is 0 Å². The molecule has 48 heavy (non-hydrogen) atoms. The Labute approximate surface area is 277 Å². The molecule has 0 bridgehead atoms. The van der Waals surface area contributed by atoms with Gasteiger partial charge in [-0.2, -0.15) is 0 Å². The van der Waals surface area contributed by atoms with Gasteiger partial charge < -0.3 is 4.90 Å². The molecule has 8 aromatic carbocycles. The Morgan fingerprint density at radius 2 is 1.06 bits per heavy atom. The highest BCUT2D eigenvalue weighted by Gasteiger charge is 2.18. The number of para-hydroxylation sites is 3. The van der Waals surface area contributed by atoms with Gasteiger partial charge in [-0.15, -0.1) is 0 Å². The molecule has 224 valence electrons. The summed E-state index contributed by atoms with van der Waals surface area (Å²) in [6.07, 6.45) is 0. The fraction of sp³-hybridized carbons (Fsp3) is 0. The lowest BCUT2D eigenvalue weighted by Gasteiger charge is -2.27. The van der Waals surface area contributed by atoms with Gasteiger partial charge in [-0.3, -0.25) is 4.40 Å². The van der Waals surface area contributed by atoms with E-state index in [-0.39, 0.29) is 0 Å². The van der Waals surface area contributed by atoms with Crippen LogP contribution < -0.4 is 4.90 Å². The molecule has 3 nitrogen and oxygen atoms in total. The van der Waals surface area contributed by atoms with Gasteiger partial charge in [0.15, 0.2) is 0 Å². The molecule has 0 amide bonds. The van der Waals surface area contributed by atoms with Crippen LogP contribution in [-0.4, -0.2) is 9.38 Å². The van der Waals surface area contributed by atoms with E-state index in [4.69, 9.17) is 4.98 Å². The van der Waals surface area contributed by atoms with Crippen molar-refractivity contribution in [2.75, 3.05) is 4.90 Å². The summed E-state index contributed by atoms with van der Waals surface area (Å²) in [5.41, 5.74) is 10.0. The fourth-order valence-electron chi connectivity index (χ4n) is 7.52. The minimum absolute atomic E-state index is 0.991. The number of nitrogens with zero attached hydrogens (tertiary/aromatic N) is 3. The van der Waals surface area contributed by atoms with E-state index in [1.54, 1.807) is 0 Å². The van der Waals surface area contributed by atoms with Crippen molar-refractivity contribution >= 4 is 77.0 Å². The lowest BCUT2D eigenvalue weighted by atomic mass is 9.96. The van der Waals surface area contributed by atoms with E-state index >= 15 is 0 Å². The highest BCUT2D eigenvalue weighted by Crippen LogP contribution is 2.41. The minimum Gasteiger partial charge on any atom is -0.310 e. The number of aromatic nitrogens is 2. The van der Waals surface area contributed by atoms with Crippen LogP contribution in [0.15, 0.2) is 176 Å². The molecule has 2 heterocycles. The Kier molecular flexibility index (Phi) is 5.87. The third kappa shape index (κ3) is 4.04. The zero-order chi connectivity index (χ0) is 31.6. The topological polar surface area (TPSA) is 20.5 Å². The molecule has 0 saturated heterocycles. The number of pyridine rings is 1. The van der Waals surface area contributed by atoms with Gasteiger partial charge in [0.25, 0.3) is 0 Å². The maximum absolute atomic E-state index is 5.17. The Morgan fingerprint density at radius 3 is 1.92 bits per heavy atom. The van der Waals surface area contributed by atoms with Crippen LogP contribution >= 0.6 is 0 Å². The van der Waals surface area contributed by atoms with E-state index in [2.05, 4.69) is 185 Å². The van der Waals surface area contributed by atoms with E-state index in [9.17, 15) is 0 Å². The van der Waals surface area contributed by atoms with Crippen LogP contribution in [0.5, 0.6) is 0 Å². The third-order valence-electron chi connectivity index (χ3n) is 9.72. The molecule has 0 spiro atoms. The van der Waals surface area contributed by atoms with Crippen molar-refractivity contribution in [3.63, 3.8) is 0 Å². The molecule has 0 radical (unpaired) electrons. The molecule has 0 unspecified atom stereocenters. The number of hydrogen-bond donors (Lipinski definition) is 0. The molecule has 10 rings (SSSR count).